The Hall–Kier alpha value is -3.39. The van der Waals surface area contributed by atoms with Crippen LogP contribution in [0.4, 0.5) is 5.13 Å². The molecule has 1 aromatic heterocycles. The number of aryl methyl sites for hydroxylation is 2. The number of carbonyl (C=O) groups is 1. The Morgan fingerprint density at radius 2 is 2.10 bits per heavy atom. The lowest BCUT2D eigenvalue weighted by atomic mass is 10.1. The molecule has 30 heavy (non-hydrogen) atoms. The van der Waals surface area contributed by atoms with Crippen LogP contribution in [0.15, 0.2) is 47.6 Å². The van der Waals surface area contributed by atoms with E-state index in [1.807, 2.05) is 44.2 Å². The van der Waals surface area contributed by atoms with Gasteiger partial charge in [0, 0.05) is 0 Å². The highest BCUT2D eigenvalue weighted by atomic mass is 32.1. The number of nitrogens with zero attached hydrogens (tertiary/aromatic N) is 2. The van der Waals surface area contributed by atoms with Crippen molar-refractivity contribution in [1.29, 1.82) is 0 Å². The molecule has 0 spiro atoms. The van der Waals surface area contributed by atoms with Crippen molar-refractivity contribution >= 4 is 28.6 Å². The Kier molecular flexibility index (Phi) is 7.03. The molecule has 0 unspecified atom stereocenters. The van der Waals surface area contributed by atoms with E-state index in [4.69, 9.17) is 15.2 Å². The molecule has 0 saturated heterocycles. The monoisotopic (exact) mass is 424 g/mol. The van der Waals surface area contributed by atoms with Gasteiger partial charge in [0.25, 0.3) is 5.91 Å². The first-order valence-electron chi connectivity index (χ1n) is 9.45. The van der Waals surface area contributed by atoms with Gasteiger partial charge >= 0.3 is 0 Å². The number of nitrogens with one attached hydrogen (secondary N) is 1. The standard InChI is InChI=1S/C22H24N4O3S/c1-4-17-20(30-22(23)25-17)21(27)26-24-12-15-8-9-18(19(11-15)28-3)29-13-16-7-5-6-14(2)10-16/h5-12H,4,13H2,1-3H3,(H2,23,25)(H,26,27). The lowest BCUT2D eigenvalue weighted by Crippen LogP contribution is -2.17. The molecule has 156 valence electrons. The van der Waals surface area contributed by atoms with Crippen molar-refractivity contribution in [2.24, 2.45) is 5.10 Å². The Labute approximate surface area is 179 Å². The van der Waals surface area contributed by atoms with E-state index in [0.29, 0.717) is 40.2 Å². The number of anilines is 1. The highest BCUT2D eigenvalue weighted by Crippen LogP contribution is 2.28. The Morgan fingerprint density at radius 1 is 1.27 bits per heavy atom. The van der Waals surface area contributed by atoms with Gasteiger partial charge in [0.05, 0.1) is 19.0 Å². The van der Waals surface area contributed by atoms with Crippen LogP contribution in [-0.2, 0) is 13.0 Å². The molecule has 0 radical (unpaired) electrons. The Balaban J connectivity index is 1.64. The number of hydrogen-bond donors (Lipinski definition) is 2. The van der Waals surface area contributed by atoms with Crippen LogP contribution in [0.2, 0.25) is 0 Å². The van der Waals surface area contributed by atoms with Crippen molar-refractivity contribution in [1.82, 2.24) is 10.4 Å². The van der Waals surface area contributed by atoms with Crippen LogP contribution in [0, 0.1) is 6.92 Å². The lowest BCUT2D eigenvalue weighted by Gasteiger charge is -2.11. The molecule has 0 bridgehead atoms. The fourth-order valence-electron chi connectivity index (χ4n) is 2.85. The first-order valence-corrected chi connectivity index (χ1v) is 10.3. The number of benzene rings is 2. The number of hydrazone groups is 1. The zero-order valence-electron chi connectivity index (χ0n) is 17.1. The second kappa shape index (κ2) is 9.89. The van der Waals surface area contributed by atoms with E-state index in [1.54, 1.807) is 19.4 Å². The van der Waals surface area contributed by atoms with Gasteiger partial charge in [0.1, 0.15) is 11.5 Å². The molecule has 0 atom stereocenters. The van der Waals surface area contributed by atoms with Crippen molar-refractivity contribution < 1.29 is 14.3 Å². The molecule has 7 nitrogen and oxygen atoms in total. The van der Waals surface area contributed by atoms with Crippen molar-refractivity contribution in [2.45, 2.75) is 26.9 Å². The van der Waals surface area contributed by atoms with E-state index in [-0.39, 0.29) is 5.91 Å². The van der Waals surface area contributed by atoms with Crippen LogP contribution in [0.25, 0.3) is 0 Å². The molecular weight excluding hydrogens is 400 g/mol. The molecule has 8 heteroatoms. The Morgan fingerprint density at radius 3 is 2.83 bits per heavy atom. The number of ether oxygens (including phenoxy) is 2. The molecular formula is C22H24N4O3S. The van der Waals surface area contributed by atoms with Gasteiger partial charge < -0.3 is 15.2 Å². The van der Waals surface area contributed by atoms with E-state index >= 15 is 0 Å². The lowest BCUT2D eigenvalue weighted by molar-refractivity contribution is 0.0958. The molecule has 3 rings (SSSR count). The van der Waals surface area contributed by atoms with Crippen LogP contribution in [0.1, 0.15) is 39.0 Å². The highest BCUT2D eigenvalue weighted by molar-refractivity contribution is 7.17. The minimum absolute atomic E-state index is 0.331. The molecule has 0 aliphatic heterocycles. The number of aromatic nitrogens is 1. The van der Waals surface area contributed by atoms with Crippen molar-refractivity contribution in [3.8, 4) is 11.5 Å². The van der Waals surface area contributed by atoms with Gasteiger partial charge in [-0.3, -0.25) is 4.79 Å². The second-order valence-electron chi connectivity index (χ2n) is 6.57. The van der Waals surface area contributed by atoms with Gasteiger partial charge in [-0.15, -0.1) is 0 Å². The van der Waals surface area contributed by atoms with Gasteiger partial charge in [0.2, 0.25) is 0 Å². The number of thiazole rings is 1. The van der Waals surface area contributed by atoms with E-state index < -0.39 is 0 Å². The minimum atomic E-state index is -0.331. The fourth-order valence-corrected chi connectivity index (χ4v) is 3.66. The van der Waals surface area contributed by atoms with E-state index in [2.05, 4.69) is 21.6 Å². The summed E-state index contributed by atoms with van der Waals surface area (Å²) in [6, 6.07) is 13.6. The quantitative estimate of drug-likeness (QED) is 0.421. The number of amides is 1. The molecule has 1 heterocycles. The third-order valence-electron chi connectivity index (χ3n) is 4.30. The highest BCUT2D eigenvalue weighted by Gasteiger charge is 2.15. The number of methoxy groups -OCH3 is 1. The van der Waals surface area contributed by atoms with Crippen LogP contribution < -0.4 is 20.6 Å². The first-order chi connectivity index (χ1) is 14.5. The summed E-state index contributed by atoms with van der Waals surface area (Å²) >= 11 is 1.15. The maximum atomic E-state index is 12.3. The maximum Gasteiger partial charge on any atom is 0.283 e. The molecule has 1 amide bonds. The van der Waals surface area contributed by atoms with E-state index in [1.165, 1.54) is 5.56 Å². The van der Waals surface area contributed by atoms with E-state index in [9.17, 15) is 4.79 Å². The number of nitrogen functional groups attached to an aromatic ring is 1. The van der Waals surface area contributed by atoms with Crippen LogP contribution in [0.3, 0.4) is 0 Å². The normalized spacial score (nSPS) is 10.9. The molecule has 3 aromatic rings. The number of hydrogen-bond acceptors (Lipinski definition) is 7. The second-order valence-corrected chi connectivity index (χ2v) is 7.60. The van der Waals surface area contributed by atoms with Gasteiger partial charge in [-0.05, 0) is 42.7 Å². The zero-order valence-corrected chi connectivity index (χ0v) is 18.0. The Bertz CT molecular complexity index is 1060. The van der Waals surface area contributed by atoms with Gasteiger partial charge in [-0.2, -0.15) is 5.10 Å². The van der Waals surface area contributed by atoms with Crippen LogP contribution in [0.5, 0.6) is 11.5 Å². The third-order valence-corrected chi connectivity index (χ3v) is 5.22. The van der Waals surface area contributed by atoms with Crippen molar-refractivity contribution in [2.75, 3.05) is 12.8 Å². The van der Waals surface area contributed by atoms with Crippen molar-refractivity contribution in [3.63, 3.8) is 0 Å². The maximum absolute atomic E-state index is 12.3. The van der Waals surface area contributed by atoms with Gasteiger partial charge in [-0.25, -0.2) is 10.4 Å². The number of nitrogens with two attached hydrogens (primary N) is 1. The average molecular weight is 425 g/mol. The SMILES string of the molecule is CCc1nc(N)sc1C(=O)NN=Cc1ccc(OCc2cccc(C)c2)c(OC)c1. The van der Waals surface area contributed by atoms with E-state index in [0.717, 1.165) is 22.5 Å². The molecule has 0 aliphatic carbocycles. The molecule has 0 saturated carbocycles. The summed E-state index contributed by atoms with van der Waals surface area (Å²) in [7, 11) is 1.58. The average Bonchev–Trinajstić information content (AvgIpc) is 3.13. The summed E-state index contributed by atoms with van der Waals surface area (Å²) in [4.78, 5) is 16.9. The first kappa shape index (κ1) is 21.3. The smallest absolute Gasteiger partial charge is 0.283 e. The summed E-state index contributed by atoms with van der Waals surface area (Å²) in [5, 5.41) is 4.40. The summed E-state index contributed by atoms with van der Waals surface area (Å²) in [5.41, 5.74) is 11.9. The predicted molar refractivity (Wildman–Crippen MR) is 119 cm³/mol. The topological polar surface area (TPSA) is 98.8 Å². The molecule has 0 aliphatic rings. The zero-order chi connectivity index (χ0) is 21.5. The largest absolute Gasteiger partial charge is 0.493 e. The summed E-state index contributed by atoms with van der Waals surface area (Å²) in [5.74, 6) is 0.886. The van der Waals surface area contributed by atoms with Crippen LogP contribution >= 0.6 is 11.3 Å². The molecule has 2 aromatic carbocycles. The number of rotatable bonds is 8. The fraction of sp³-hybridized carbons (Fsp3) is 0.227. The summed E-state index contributed by atoms with van der Waals surface area (Å²) < 4.78 is 11.3. The van der Waals surface area contributed by atoms with Gasteiger partial charge in [-0.1, -0.05) is 48.1 Å². The minimum Gasteiger partial charge on any atom is -0.493 e. The predicted octanol–water partition coefficient (Wildman–Crippen LogP) is 3.95. The van der Waals surface area contributed by atoms with Gasteiger partial charge in [0.15, 0.2) is 16.6 Å². The third kappa shape index (κ3) is 5.36. The summed E-state index contributed by atoms with van der Waals surface area (Å²) in [6.07, 6.45) is 2.17. The molecule has 0 fully saturated rings. The summed E-state index contributed by atoms with van der Waals surface area (Å²) in [6.45, 7) is 4.41. The van der Waals surface area contributed by atoms with Crippen molar-refractivity contribution in [3.05, 3.63) is 69.7 Å². The van der Waals surface area contributed by atoms with Crippen LogP contribution in [-0.4, -0.2) is 24.2 Å². The molecule has 3 N–H and O–H groups in total. The number of carbonyl (C=O) groups excluding carboxylic acids is 1.